The number of carbonyl (C=O) groups is 1. The van der Waals surface area contributed by atoms with Gasteiger partial charge in [0.05, 0.1) is 18.5 Å². The van der Waals surface area contributed by atoms with E-state index in [2.05, 4.69) is 30.8 Å². The molecule has 35 heavy (non-hydrogen) atoms. The van der Waals surface area contributed by atoms with E-state index in [-0.39, 0.29) is 11.7 Å². The number of amides is 1. The molecule has 1 saturated heterocycles. The highest BCUT2D eigenvalue weighted by Crippen LogP contribution is 2.27. The fraction of sp³-hybridized carbons (Fsp3) is 0.292. The van der Waals surface area contributed by atoms with E-state index in [0.717, 1.165) is 31.6 Å². The monoisotopic (exact) mass is 514 g/mol. The van der Waals surface area contributed by atoms with Gasteiger partial charge in [-0.3, -0.25) is 9.69 Å². The number of nitrogens with zero attached hydrogens (tertiary/aromatic N) is 3. The van der Waals surface area contributed by atoms with Crippen LogP contribution in [0.2, 0.25) is 5.02 Å². The summed E-state index contributed by atoms with van der Waals surface area (Å²) in [6, 6.07) is 14.3. The first-order valence-electron chi connectivity index (χ1n) is 11.2. The summed E-state index contributed by atoms with van der Waals surface area (Å²) in [5.41, 5.74) is 2.65. The Balaban J connectivity index is 1.41. The Morgan fingerprint density at radius 1 is 1.03 bits per heavy atom. The van der Waals surface area contributed by atoms with Gasteiger partial charge in [0.15, 0.2) is 15.7 Å². The Bertz CT molecular complexity index is 1290. The molecule has 9 nitrogen and oxygen atoms in total. The molecule has 0 spiro atoms. The summed E-state index contributed by atoms with van der Waals surface area (Å²) in [4.78, 5) is 23.0. The summed E-state index contributed by atoms with van der Waals surface area (Å²) < 4.78 is 23.6. The Hall–Kier alpha value is -3.21. The van der Waals surface area contributed by atoms with E-state index in [4.69, 9.17) is 11.6 Å². The molecule has 3 aromatic rings. The molecule has 1 amide bonds. The molecule has 0 unspecified atom stereocenters. The highest BCUT2D eigenvalue weighted by Gasteiger charge is 2.15. The third kappa shape index (κ3) is 7.38. The number of hydrogen-bond acceptors (Lipinski definition) is 8. The Morgan fingerprint density at radius 3 is 2.43 bits per heavy atom. The maximum Gasteiger partial charge on any atom is 0.238 e. The lowest BCUT2D eigenvalue weighted by Gasteiger charge is -2.14. The Morgan fingerprint density at radius 2 is 1.71 bits per heavy atom. The van der Waals surface area contributed by atoms with E-state index >= 15 is 0 Å². The van der Waals surface area contributed by atoms with E-state index in [0.29, 0.717) is 40.3 Å². The fourth-order valence-corrected chi connectivity index (χ4v) is 4.76. The van der Waals surface area contributed by atoms with Crippen LogP contribution in [0.15, 0.2) is 54.7 Å². The molecule has 184 valence electrons. The predicted octanol–water partition coefficient (Wildman–Crippen LogP) is 4.20. The van der Waals surface area contributed by atoms with Crippen molar-refractivity contribution >= 4 is 56.2 Å². The minimum Gasteiger partial charge on any atom is -0.339 e. The first-order chi connectivity index (χ1) is 16.7. The first kappa shape index (κ1) is 24.9. The maximum atomic E-state index is 12.2. The molecule has 1 fully saturated rings. The van der Waals surface area contributed by atoms with Gasteiger partial charge in [0.1, 0.15) is 5.02 Å². The lowest BCUT2D eigenvalue weighted by Crippen LogP contribution is -2.30. The number of aromatic nitrogens is 2. The second-order valence-electron chi connectivity index (χ2n) is 8.48. The topological polar surface area (TPSA) is 116 Å². The average molecular weight is 515 g/mol. The number of para-hydroxylation sites is 1. The zero-order valence-electron chi connectivity index (χ0n) is 19.3. The molecule has 1 aliphatic heterocycles. The van der Waals surface area contributed by atoms with Gasteiger partial charge in [-0.25, -0.2) is 13.4 Å². The highest BCUT2D eigenvalue weighted by molar-refractivity contribution is 7.89. The molecule has 4 rings (SSSR count). The minimum absolute atomic E-state index is 0.0273. The van der Waals surface area contributed by atoms with Crippen molar-refractivity contribution in [3.05, 3.63) is 65.3 Å². The second-order valence-corrected chi connectivity index (χ2v) is 11.0. The number of benzene rings is 2. The average Bonchev–Trinajstić information content (AvgIpc) is 3.30. The van der Waals surface area contributed by atoms with Crippen molar-refractivity contribution in [3.8, 4) is 0 Å². The lowest BCUT2D eigenvalue weighted by molar-refractivity contribution is -0.117. The van der Waals surface area contributed by atoms with Gasteiger partial charge >= 0.3 is 0 Å². The summed E-state index contributed by atoms with van der Waals surface area (Å²) in [6.45, 7) is 2.34. The normalized spacial score (nSPS) is 14.0. The third-order valence-electron chi connectivity index (χ3n) is 5.42. The molecule has 0 radical (unpaired) electrons. The molecule has 11 heteroatoms. The molecular formula is C24H27ClN6O3S. The number of rotatable bonds is 9. The molecule has 0 saturated carbocycles. The zero-order chi connectivity index (χ0) is 24.8. The van der Waals surface area contributed by atoms with Crippen molar-refractivity contribution in [3.63, 3.8) is 0 Å². The number of likely N-dealkylation sites (tertiary alicyclic amines) is 1. The quantitative estimate of drug-likeness (QED) is 0.389. The number of halogens is 1. The summed E-state index contributed by atoms with van der Waals surface area (Å²) in [6.07, 6.45) is 4.94. The second kappa shape index (κ2) is 11.0. The van der Waals surface area contributed by atoms with Gasteiger partial charge in [-0.2, -0.15) is 4.98 Å². The first-order valence-corrected chi connectivity index (χ1v) is 13.6. The van der Waals surface area contributed by atoms with Crippen LogP contribution in [-0.2, 0) is 20.4 Å². The molecule has 1 aromatic heterocycles. The van der Waals surface area contributed by atoms with Crippen molar-refractivity contribution < 1.29 is 13.2 Å². The Kier molecular flexibility index (Phi) is 7.84. The molecule has 3 N–H and O–H groups in total. The smallest absolute Gasteiger partial charge is 0.238 e. The molecule has 2 heterocycles. The van der Waals surface area contributed by atoms with Gasteiger partial charge in [-0.15, -0.1) is 0 Å². The van der Waals surface area contributed by atoms with Crippen LogP contribution in [0.1, 0.15) is 18.4 Å². The predicted molar refractivity (Wildman–Crippen MR) is 139 cm³/mol. The minimum atomic E-state index is -3.22. The van der Waals surface area contributed by atoms with E-state index in [1.54, 1.807) is 36.4 Å². The van der Waals surface area contributed by atoms with Gasteiger partial charge in [0.2, 0.25) is 11.9 Å². The fourth-order valence-electron chi connectivity index (χ4n) is 3.80. The summed E-state index contributed by atoms with van der Waals surface area (Å²) >= 11 is 6.29. The number of carbonyl (C=O) groups excluding carboxylic acids is 1. The van der Waals surface area contributed by atoms with E-state index < -0.39 is 9.84 Å². The van der Waals surface area contributed by atoms with Crippen LogP contribution < -0.4 is 16.0 Å². The van der Waals surface area contributed by atoms with Crippen LogP contribution in [0.3, 0.4) is 0 Å². The molecular weight excluding hydrogens is 488 g/mol. The number of sulfone groups is 1. The van der Waals surface area contributed by atoms with Crippen molar-refractivity contribution in [1.82, 2.24) is 14.9 Å². The summed E-state index contributed by atoms with van der Waals surface area (Å²) in [5, 5.41) is 9.43. The van der Waals surface area contributed by atoms with Crippen LogP contribution in [-0.4, -0.2) is 55.1 Å². The van der Waals surface area contributed by atoms with Gasteiger partial charge < -0.3 is 16.0 Å². The molecule has 0 atom stereocenters. The molecule has 0 aliphatic carbocycles. The van der Waals surface area contributed by atoms with Crippen LogP contribution in [0, 0.1) is 0 Å². The Labute approximate surface area is 209 Å². The van der Waals surface area contributed by atoms with Crippen molar-refractivity contribution in [2.75, 3.05) is 41.8 Å². The highest BCUT2D eigenvalue weighted by atomic mass is 35.5. The van der Waals surface area contributed by atoms with Crippen LogP contribution in [0.25, 0.3) is 0 Å². The van der Waals surface area contributed by atoms with Gasteiger partial charge in [0, 0.05) is 23.3 Å². The van der Waals surface area contributed by atoms with Gasteiger partial charge in [0.25, 0.3) is 0 Å². The zero-order valence-corrected chi connectivity index (χ0v) is 20.9. The number of hydrogen-bond donors (Lipinski definition) is 3. The number of nitrogens with one attached hydrogen (secondary N) is 3. The SMILES string of the molecule is CS(=O)(=O)Cc1ccccc1Nc1nc(Nc2ccc(NC(=O)CN3CCCC3)cc2)ncc1Cl. The molecule has 2 aromatic carbocycles. The molecule has 0 bridgehead atoms. The van der Waals surface area contributed by atoms with Crippen molar-refractivity contribution in [2.24, 2.45) is 0 Å². The van der Waals surface area contributed by atoms with Crippen LogP contribution >= 0.6 is 11.6 Å². The third-order valence-corrected chi connectivity index (χ3v) is 6.53. The van der Waals surface area contributed by atoms with E-state index in [1.807, 2.05) is 12.1 Å². The van der Waals surface area contributed by atoms with Crippen LogP contribution in [0.5, 0.6) is 0 Å². The summed E-state index contributed by atoms with van der Waals surface area (Å²) in [7, 11) is -3.22. The van der Waals surface area contributed by atoms with Crippen molar-refractivity contribution in [2.45, 2.75) is 18.6 Å². The van der Waals surface area contributed by atoms with Crippen LogP contribution in [0.4, 0.5) is 28.8 Å². The maximum absolute atomic E-state index is 12.2. The lowest BCUT2D eigenvalue weighted by atomic mass is 10.2. The molecule has 1 aliphatic rings. The largest absolute Gasteiger partial charge is 0.339 e. The standard InChI is InChI=1S/C24H27ClN6O3S/c1-35(33,34)16-17-6-2-3-7-21(17)29-23-20(25)14-26-24(30-23)28-19-10-8-18(9-11-19)27-22(32)15-31-12-4-5-13-31/h2-3,6-11,14H,4-5,12-13,15-16H2,1H3,(H,27,32)(H2,26,28,29,30). The van der Waals surface area contributed by atoms with Crippen molar-refractivity contribution in [1.29, 1.82) is 0 Å². The summed E-state index contributed by atoms with van der Waals surface area (Å²) in [5.74, 6) is 0.519. The van der Waals surface area contributed by atoms with Gasteiger partial charge in [-0.1, -0.05) is 29.8 Å². The number of anilines is 5. The van der Waals surface area contributed by atoms with E-state index in [9.17, 15) is 13.2 Å². The van der Waals surface area contributed by atoms with Gasteiger partial charge in [-0.05, 0) is 61.8 Å². The van der Waals surface area contributed by atoms with E-state index in [1.165, 1.54) is 12.5 Å².